The molecule has 146 valence electrons. The van der Waals surface area contributed by atoms with Gasteiger partial charge in [-0.15, -0.1) is 0 Å². The minimum absolute atomic E-state index is 0.0153. The molecule has 3 rings (SSSR count). The van der Waals surface area contributed by atoms with Gasteiger partial charge in [0.15, 0.2) is 11.2 Å². The van der Waals surface area contributed by atoms with E-state index in [-0.39, 0.29) is 30.0 Å². The molecular formula is C17H24N6O4. The third-order valence-electron chi connectivity index (χ3n) is 5.02. The molecule has 4 atom stereocenters. The molecule has 1 saturated carbocycles. The molecule has 10 heteroatoms. The molecule has 1 aliphatic carbocycles. The Morgan fingerprint density at radius 3 is 2.93 bits per heavy atom. The van der Waals surface area contributed by atoms with Gasteiger partial charge in [0.2, 0.25) is 5.95 Å². The lowest BCUT2D eigenvalue weighted by Gasteiger charge is -2.20. The number of nitrogens with zero attached hydrogens (tertiary/aromatic N) is 3. The fourth-order valence-electron chi connectivity index (χ4n) is 3.26. The summed E-state index contributed by atoms with van der Waals surface area (Å²) in [6, 6.07) is -1.06. The molecule has 0 spiro atoms. The van der Waals surface area contributed by atoms with E-state index >= 15 is 0 Å². The standard InChI is InChI=1S/C17H24N6O4/c1-7(2)12(18)16(26)27-5-9-8(3)10(4-11(9)24)23-6-20-13-14(23)21-17(19)22-15(13)25/h6-7,9-12,24H,3-5,18H2,1-2H3,(H3,19,21,22,25). The van der Waals surface area contributed by atoms with Crippen molar-refractivity contribution in [2.24, 2.45) is 17.6 Å². The highest BCUT2D eigenvalue weighted by atomic mass is 16.5. The maximum absolute atomic E-state index is 12.0. The molecule has 1 fully saturated rings. The number of nitrogen functional groups attached to an aromatic ring is 1. The van der Waals surface area contributed by atoms with Crippen LogP contribution in [0.3, 0.4) is 0 Å². The number of fused-ring (bicyclic) bond motifs is 1. The van der Waals surface area contributed by atoms with Crippen molar-refractivity contribution in [1.29, 1.82) is 0 Å². The van der Waals surface area contributed by atoms with Gasteiger partial charge in [0.25, 0.3) is 5.56 Å². The molecule has 0 amide bonds. The van der Waals surface area contributed by atoms with Crippen LogP contribution in [0.2, 0.25) is 0 Å². The SMILES string of the molecule is C=C1C(COC(=O)C(N)C(C)C)C(O)CC1n1cnc2c(=O)[nH]c(N)nc21. The van der Waals surface area contributed by atoms with Gasteiger partial charge in [-0.1, -0.05) is 20.4 Å². The minimum atomic E-state index is -0.762. The van der Waals surface area contributed by atoms with Crippen LogP contribution in [0.15, 0.2) is 23.3 Å². The van der Waals surface area contributed by atoms with Crippen LogP contribution in [0.4, 0.5) is 5.95 Å². The normalized spacial score (nSPS) is 23.9. The quantitative estimate of drug-likeness (QED) is 0.408. The number of nitrogens with two attached hydrogens (primary N) is 2. The van der Waals surface area contributed by atoms with Crippen molar-refractivity contribution in [2.75, 3.05) is 12.3 Å². The average molecular weight is 376 g/mol. The van der Waals surface area contributed by atoms with Gasteiger partial charge in [-0.3, -0.25) is 14.6 Å². The van der Waals surface area contributed by atoms with E-state index in [0.29, 0.717) is 17.6 Å². The molecule has 4 unspecified atom stereocenters. The molecular weight excluding hydrogens is 352 g/mol. The Kier molecular flexibility index (Phi) is 5.03. The summed E-state index contributed by atoms with van der Waals surface area (Å²) < 4.78 is 6.94. The maximum Gasteiger partial charge on any atom is 0.323 e. The Balaban J connectivity index is 1.80. The van der Waals surface area contributed by atoms with Crippen LogP contribution in [0.1, 0.15) is 26.3 Å². The molecule has 10 nitrogen and oxygen atoms in total. The number of aromatic nitrogens is 4. The lowest BCUT2D eigenvalue weighted by atomic mass is 10.0. The van der Waals surface area contributed by atoms with Gasteiger partial charge >= 0.3 is 5.97 Å². The third kappa shape index (κ3) is 3.45. The van der Waals surface area contributed by atoms with Gasteiger partial charge < -0.3 is 25.9 Å². The molecule has 0 aliphatic heterocycles. The fourth-order valence-corrected chi connectivity index (χ4v) is 3.26. The predicted octanol–water partition coefficient (Wildman–Crippen LogP) is -0.294. The summed E-state index contributed by atoms with van der Waals surface area (Å²) in [6.07, 6.45) is 1.04. The molecule has 1 aliphatic rings. The second kappa shape index (κ2) is 7.12. The molecule has 0 saturated heterocycles. The zero-order chi connectivity index (χ0) is 19.9. The molecule has 2 aromatic rings. The van der Waals surface area contributed by atoms with Gasteiger partial charge in [-0.25, -0.2) is 4.98 Å². The van der Waals surface area contributed by atoms with E-state index in [1.165, 1.54) is 6.33 Å². The van der Waals surface area contributed by atoms with Crippen molar-refractivity contribution in [2.45, 2.75) is 38.5 Å². The number of rotatable bonds is 5. The van der Waals surface area contributed by atoms with E-state index in [1.54, 1.807) is 4.57 Å². The van der Waals surface area contributed by atoms with E-state index in [4.69, 9.17) is 16.2 Å². The number of esters is 1. The first-order chi connectivity index (χ1) is 12.7. The van der Waals surface area contributed by atoms with Gasteiger partial charge in [0.05, 0.1) is 18.5 Å². The van der Waals surface area contributed by atoms with Crippen molar-refractivity contribution >= 4 is 23.1 Å². The molecule has 27 heavy (non-hydrogen) atoms. The van der Waals surface area contributed by atoms with Crippen molar-refractivity contribution < 1.29 is 14.6 Å². The highest BCUT2D eigenvalue weighted by Crippen LogP contribution is 2.40. The smallest absolute Gasteiger partial charge is 0.323 e. The third-order valence-corrected chi connectivity index (χ3v) is 5.02. The summed E-state index contributed by atoms with van der Waals surface area (Å²) in [7, 11) is 0. The van der Waals surface area contributed by atoms with E-state index in [1.807, 2.05) is 13.8 Å². The number of carbonyl (C=O) groups excluding carboxylic acids is 1. The van der Waals surface area contributed by atoms with E-state index < -0.39 is 29.6 Å². The number of ether oxygens (including phenoxy) is 1. The summed E-state index contributed by atoms with van der Waals surface area (Å²) in [4.78, 5) is 34.5. The zero-order valence-corrected chi connectivity index (χ0v) is 15.3. The summed E-state index contributed by atoms with van der Waals surface area (Å²) in [5.74, 6) is -1.03. The monoisotopic (exact) mass is 376 g/mol. The Morgan fingerprint density at radius 2 is 2.26 bits per heavy atom. The van der Waals surface area contributed by atoms with E-state index in [9.17, 15) is 14.7 Å². The van der Waals surface area contributed by atoms with Gasteiger partial charge in [-0.2, -0.15) is 4.98 Å². The first-order valence-corrected chi connectivity index (χ1v) is 8.72. The van der Waals surface area contributed by atoms with Crippen LogP contribution in [-0.2, 0) is 9.53 Å². The number of hydrogen-bond acceptors (Lipinski definition) is 8. The molecule has 6 N–H and O–H groups in total. The maximum atomic E-state index is 12.0. The van der Waals surface area contributed by atoms with Crippen LogP contribution >= 0.6 is 0 Å². The Morgan fingerprint density at radius 1 is 1.56 bits per heavy atom. The first-order valence-electron chi connectivity index (χ1n) is 8.72. The number of hydrogen-bond donors (Lipinski definition) is 4. The summed E-state index contributed by atoms with van der Waals surface area (Å²) in [5, 5.41) is 10.4. The van der Waals surface area contributed by atoms with Gasteiger partial charge in [-0.05, 0) is 17.9 Å². The van der Waals surface area contributed by atoms with Crippen LogP contribution in [0.5, 0.6) is 0 Å². The lowest BCUT2D eigenvalue weighted by Crippen LogP contribution is -2.38. The molecule has 2 heterocycles. The fraction of sp³-hybridized carbons (Fsp3) is 0.529. The number of aliphatic hydroxyl groups is 1. The highest BCUT2D eigenvalue weighted by Gasteiger charge is 2.39. The van der Waals surface area contributed by atoms with Crippen molar-refractivity contribution in [3.8, 4) is 0 Å². The number of nitrogens with one attached hydrogen (secondary N) is 1. The molecule has 0 aromatic carbocycles. The van der Waals surface area contributed by atoms with E-state index in [2.05, 4.69) is 21.5 Å². The summed E-state index contributed by atoms with van der Waals surface area (Å²) in [5.41, 5.74) is 12.1. The number of aromatic amines is 1. The molecule has 0 radical (unpaired) electrons. The molecule has 2 aromatic heterocycles. The Hall–Kier alpha value is -2.72. The first kappa shape index (κ1) is 19.1. The number of aliphatic hydroxyl groups excluding tert-OH is 1. The van der Waals surface area contributed by atoms with Gasteiger partial charge in [0, 0.05) is 5.92 Å². The lowest BCUT2D eigenvalue weighted by molar-refractivity contribution is -0.148. The van der Waals surface area contributed by atoms with Crippen LogP contribution < -0.4 is 17.0 Å². The zero-order valence-electron chi connectivity index (χ0n) is 15.3. The van der Waals surface area contributed by atoms with Crippen LogP contribution in [0.25, 0.3) is 11.2 Å². The second-order valence-corrected chi connectivity index (χ2v) is 7.18. The largest absolute Gasteiger partial charge is 0.464 e. The number of H-pyrrole nitrogens is 1. The van der Waals surface area contributed by atoms with E-state index in [0.717, 1.165) is 0 Å². The summed E-state index contributed by atoms with van der Waals surface area (Å²) in [6.45, 7) is 7.70. The van der Waals surface area contributed by atoms with Crippen LogP contribution in [0, 0.1) is 11.8 Å². The minimum Gasteiger partial charge on any atom is -0.464 e. The number of carbonyl (C=O) groups is 1. The van der Waals surface area contributed by atoms with Gasteiger partial charge in [0.1, 0.15) is 12.6 Å². The van der Waals surface area contributed by atoms with Crippen molar-refractivity contribution in [3.05, 3.63) is 28.8 Å². The second-order valence-electron chi connectivity index (χ2n) is 7.18. The highest BCUT2D eigenvalue weighted by molar-refractivity contribution is 5.75. The number of anilines is 1. The number of imidazole rings is 1. The Labute approximate surface area is 155 Å². The Bertz CT molecular complexity index is 933. The average Bonchev–Trinajstić information content (AvgIpc) is 3.13. The van der Waals surface area contributed by atoms with Crippen molar-refractivity contribution in [3.63, 3.8) is 0 Å². The van der Waals surface area contributed by atoms with Crippen LogP contribution in [-0.4, -0.2) is 49.3 Å². The predicted molar refractivity (Wildman–Crippen MR) is 98.6 cm³/mol. The topological polar surface area (TPSA) is 162 Å². The molecule has 0 bridgehead atoms. The summed E-state index contributed by atoms with van der Waals surface area (Å²) >= 11 is 0. The van der Waals surface area contributed by atoms with Crippen molar-refractivity contribution in [1.82, 2.24) is 19.5 Å².